The Balaban J connectivity index is 1.94. The molecular weight excluding hydrogens is 202 g/mol. The van der Waals surface area contributed by atoms with Crippen LogP contribution in [0.4, 0.5) is 5.82 Å². The molecule has 1 aromatic heterocycles. The third-order valence-electron chi connectivity index (χ3n) is 2.61. The molecule has 0 saturated heterocycles. The summed E-state index contributed by atoms with van der Waals surface area (Å²) in [5.74, 6) is 0.445. The van der Waals surface area contributed by atoms with Gasteiger partial charge < -0.3 is 10.8 Å². The van der Waals surface area contributed by atoms with E-state index in [9.17, 15) is 5.11 Å². The van der Waals surface area contributed by atoms with Gasteiger partial charge in [-0.25, -0.2) is 0 Å². The fraction of sp³-hybridized carbons (Fsp3) is 0.250. The highest BCUT2D eigenvalue weighted by Gasteiger charge is 2.12. The van der Waals surface area contributed by atoms with Crippen molar-refractivity contribution >= 4 is 5.82 Å². The number of H-pyrrole nitrogens is 1. The maximum Gasteiger partial charge on any atom is 0.124 e. The molecule has 2 aromatic rings. The van der Waals surface area contributed by atoms with Gasteiger partial charge in [0, 0.05) is 5.56 Å². The lowest BCUT2D eigenvalue weighted by Gasteiger charge is -2.09. The normalized spacial score (nSPS) is 12.6. The van der Waals surface area contributed by atoms with Crippen LogP contribution in [0.25, 0.3) is 0 Å². The van der Waals surface area contributed by atoms with E-state index in [1.54, 1.807) is 6.20 Å². The Morgan fingerprint density at radius 1 is 1.31 bits per heavy atom. The average Bonchev–Trinajstić information content (AvgIpc) is 2.74. The zero-order valence-electron chi connectivity index (χ0n) is 8.93. The predicted octanol–water partition coefficient (Wildman–Crippen LogP) is 1.66. The van der Waals surface area contributed by atoms with Crippen LogP contribution in [0, 0.1) is 0 Å². The van der Waals surface area contributed by atoms with Gasteiger partial charge in [0.15, 0.2) is 0 Å². The van der Waals surface area contributed by atoms with Crippen LogP contribution in [0.15, 0.2) is 36.5 Å². The fourth-order valence-electron chi connectivity index (χ4n) is 1.67. The van der Waals surface area contributed by atoms with E-state index >= 15 is 0 Å². The summed E-state index contributed by atoms with van der Waals surface area (Å²) in [5.41, 5.74) is 7.52. The molecule has 4 heteroatoms. The molecule has 0 aliphatic rings. The van der Waals surface area contributed by atoms with E-state index in [1.165, 1.54) is 5.56 Å². The second kappa shape index (κ2) is 4.81. The second-order valence-electron chi connectivity index (χ2n) is 3.78. The van der Waals surface area contributed by atoms with E-state index in [-0.39, 0.29) is 0 Å². The van der Waals surface area contributed by atoms with E-state index < -0.39 is 6.10 Å². The number of benzene rings is 1. The van der Waals surface area contributed by atoms with Crippen molar-refractivity contribution < 1.29 is 5.11 Å². The number of nitrogens with zero attached hydrogens (tertiary/aromatic N) is 1. The Morgan fingerprint density at radius 3 is 2.69 bits per heavy atom. The number of nitrogens with two attached hydrogens (primary N) is 1. The number of nitrogens with one attached hydrogen (secondary N) is 1. The molecule has 0 amide bonds. The van der Waals surface area contributed by atoms with Crippen molar-refractivity contribution in [1.29, 1.82) is 0 Å². The molecule has 1 atom stereocenters. The minimum absolute atomic E-state index is 0.445. The quantitative estimate of drug-likeness (QED) is 0.729. The van der Waals surface area contributed by atoms with Crippen LogP contribution >= 0.6 is 0 Å². The Kier molecular flexibility index (Phi) is 3.22. The summed E-state index contributed by atoms with van der Waals surface area (Å²) in [4.78, 5) is 0. The van der Waals surface area contributed by atoms with Crippen LogP contribution in [0.5, 0.6) is 0 Å². The monoisotopic (exact) mass is 217 g/mol. The van der Waals surface area contributed by atoms with Crippen molar-refractivity contribution in [2.75, 3.05) is 5.73 Å². The molecule has 4 N–H and O–H groups in total. The van der Waals surface area contributed by atoms with E-state index in [1.807, 2.05) is 30.3 Å². The number of aliphatic hydroxyl groups is 1. The smallest absolute Gasteiger partial charge is 0.124 e. The first-order valence-electron chi connectivity index (χ1n) is 5.28. The van der Waals surface area contributed by atoms with Crippen molar-refractivity contribution in [2.45, 2.75) is 18.9 Å². The van der Waals surface area contributed by atoms with Crippen LogP contribution in [-0.4, -0.2) is 15.3 Å². The van der Waals surface area contributed by atoms with Crippen molar-refractivity contribution in [3.05, 3.63) is 47.7 Å². The number of aromatic amines is 1. The Labute approximate surface area is 94.1 Å². The van der Waals surface area contributed by atoms with Crippen LogP contribution in [0.3, 0.4) is 0 Å². The van der Waals surface area contributed by atoms with Gasteiger partial charge >= 0.3 is 0 Å². The maximum absolute atomic E-state index is 9.91. The number of hydrogen-bond donors (Lipinski definition) is 3. The third-order valence-corrected chi connectivity index (χ3v) is 2.61. The van der Waals surface area contributed by atoms with Gasteiger partial charge in [0.05, 0.1) is 12.3 Å². The van der Waals surface area contributed by atoms with Gasteiger partial charge in [-0.05, 0) is 18.4 Å². The second-order valence-corrected chi connectivity index (χ2v) is 3.78. The first kappa shape index (κ1) is 10.7. The number of aryl methyl sites for hydroxylation is 1. The van der Waals surface area contributed by atoms with Gasteiger partial charge in [0.25, 0.3) is 0 Å². The highest BCUT2D eigenvalue weighted by molar-refractivity contribution is 5.38. The van der Waals surface area contributed by atoms with Gasteiger partial charge in [-0.3, -0.25) is 5.10 Å². The number of rotatable bonds is 4. The van der Waals surface area contributed by atoms with E-state index in [2.05, 4.69) is 10.2 Å². The maximum atomic E-state index is 9.91. The zero-order chi connectivity index (χ0) is 11.4. The summed E-state index contributed by atoms with van der Waals surface area (Å²) < 4.78 is 0. The summed E-state index contributed by atoms with van der Waals surface area (Å²) in [7, 11) is 0. The fourth-order valence-corrected chi connectivity index (χ4v) is 1.67. The Bertz CT molecular complexity index is 439. The minimum atomic E-state index is -0.557. The molecular formula is C12H15N3O. The lowest BCUT2D eigenvalue weighted by molar-refractivity contribution is 0.168. The minimum Gasteiger partial charge on any atom is -0.388 e. The summed E-state index contributed by atoms with van der Waals surface area (Å²) in [6.07, 6.45) is 2.49. The number of anilines is 1. The first-order chi connectivity index (χ1) is 7.77. The van der Waals surface area contributed by atoms with Crippen molar-refractivity contribution in [2.24, 2.45) is 0 Å². The molecule has 1 heterocycles. The van der Waals surface area contributed by atoms with Crippen molar-refractivity contribution in [3.8, 4) is 0 Å². The topological polar surface area (TPSA) is 74.9 Å². The van der Waals surface area contributed by atoms with Crippen LogP contribution in [0.1, 0.15) is 23.7 Å². The number of aromatic nitrogens is 2. The van der Waals surface area contributed by atoms with Crippen LogP contribution < -0.4 is 5.73 Å². The first-order valence-corrected chi connectivity index (χ1v) is 5.28. The van der Waals surface area contributed by atoms with E-state index in [4.69, 9.17) is 5.73 Å². The largest absolute Gasteiger partial charge is 0.388 e. The predicted molar refractivity (Wildman–Crippen MR) is 62.7 cm³/mol. The molecule has 0 saturated carbocycles. The van der Waals surface area contributed by atoms with Crippen molar-refractivity contribution in [3.63, 3.8) is 0 Å². The van der Waals surface area contributed by atoms with E-state index in [0.29, 0.717) is 17.8 Å². The highest BCUT2D eigenvalue weighted by atomic mass is 16.3. The third kappa shape index (κ3) is 2.41. The van der Waals surface area contributed by atoms with Gasteiger partial charge in [0.1, 0.15) is 5.82 Å². The lowest BCUT2D eigenvalue weighted by atomic mass is 10.0. The van der Waals surface area contributed by atoms with Crippen LogP contribution in [-0.2, 0) is 6.42 Å². The van der Waals surface area contributed by atoms with Gasteiger partial charge in [-0.2, -0.15) is 5.10 Å². The van der Waals surface area contributed by atoms with Gasteiger partial charge in [-0.1, -0.05) is 30.3 Å². The summed E-state index contributed by atoms with van der Waals surface area (Å²) in [6, 6.07) is 10.1. The highest BCUT2D eigenvalue weighted by Crippen LogP contribution is 2.22. The molecule has 2 rings (SSSR count). The van der Waals surface area contributed by atoms with Gasteiger partial charge in [-0.15, -0.1) is 0 Å². The molecule has 0 bridgehead atoms. The molecule has 0 aliphatic carbocycles. The van der Waals surface area contributed by atoms with Gasteiger partial charge in [0.2, 0.25) is 0 Å². The molecule has 84 valence electrons. The lowest BCUT2D eigenvalue weighted by Crippen LogP contribution is -2.01. The number of aliphatic hydroxyl groups excluding tert-OH is 1. The Morgan fingerprint density at radius 2 is 2.06 bits per heavy atom. The molecule has 16 heavy (non-hydrogen) atoms. The molecule has 0 fully saturated rings. The van der Waals surface area contributed by atoms with E-state index in [0.717, 1.165) is 6.42 Å². The molecule has 4 nitrogen and oxygen atoms in total. The standard InChI is InChI=1S/C12H15N3O/c13-12-10(8-14-15-12)11(16)7-6-9-4-2-1-3-5-9/h1-5,8,11,16H,6-7H2,(H3,13,14,15). The molecule has 1 unspecified atom stereocenters. The molecule has 0 radical (unpaired) electrons. The summed E-state index contributed by atoms with van der Waals surface area (Å²) >= 11 is 0. The number of nitrogen functional groups attached to an aromatic ring is 1. The summed E-state index contributed by atoms with van der Waals surface area (Å²) in [6.45, 7) is 0. The SMILES string of the molecule is Nc1[nH]ncc1C(O)CCc1ccccc1. The molecule has 0 aliphatic heterocycles. The molecule has 1 aromatic carbocycles. The van der Waals surface area contributed by atoms with Crippen LogP contribution in [0.2, 0.25) is 0 Å². The zero-order valence-corrected chi connectivity index (χ0v) is 8.93. The average molecular weight is 217 g/mol. The summed E-state index contributed by atoms with van der Waals surface area (Å²) in [5, 5.41) is 16.3. The van der Waals surface area contributed by atoms with Crippen molar-refractivity contribution in [1.82, 2.24) is 10.2 Å². The number of hydrogen-bond acceptors (Lipinski definition) is 3. The Hall–Kier alpha value is -1.81. The molecule has 0 spiro atoms.